The molecule has 0 saturated carbocycles. The number of carbonyl (C=O) groups excluding carboxylic acids is 2. The first-order chi connectivity index (χ1) is 12.2. The van der Waals surface area contributed by atoms with Crippen LogP contribution in [0.25, 0.3) is 0 Å². The van der Waals surface area contributed by atoms with E-state index in [1.165, 1.54) is 31.2 Å². The Labute approximate surface area is 146 Å². The maximum Gasteiger partial charge on any atom is 0.340 e. The van der Waals surface area contributed by atoms with Gasteiger partial charge in [-0.3, -0.25) is 19.7 Å². The molecule has 0 fully saturated rings. The lowest BCUT2D eigenvalue weighted by atomic mass is 10.0. The minimum absolute atomic E-state index is 0.137. The van der Waals surface area contributed by atoms with Gasteiger partial charge in [0.15, 0.2) is 0 Å². The van der Waals surface area contributed by atoms with E-state index in [1.54, 1.807) is 0 Å². The first-order valence-corrected chi connectivity index (χ1v) is 7.10. The molecule has 0 aliphatic rings. The van der Waals surface area contributed by atoms with E-state index in [2.05, 4.69) is 5.32 Å². The number of nitrogens with zero attached hydrogens (tertiary/aromatic N) is 1. The number of non-ortho nitro benzene ring substituents is 1. The lowest BCUT2D eigenvalue weighted by Crippen LogP contribution is -2.17. The van der Waals surface area contributed by atoms with Gasteiger partial charge in [0.05, 0.1) is 16.6 Å². The second-order valence-corrected chi connectivity index (χ2v) is 5.10. The fraction of sp³-hybridized carbons (Fsp3) is 0.0625. The number of nitrogens with two attached hydrogens (primary N) is 1. The van der Waals surface area contributed by atoms with Gasteiger partial charge in [0, 0.05) is 18.7 Å². The number of anilines is 1. The molecule has 0 heterocycles. The molecule has 0 aliphatic carbocycles. The molecule has 0 aliphatic heterocycles. The number of carbonyl (C=O) groups is 3. The van der Waals surface area contributed by atoms with E-state index < -0.39 is 39.4 Å². The molecule has 0 saturated heterocycles. The molecule has 2 rings (SSSR count). The number of rotatable bonds is 6. The summed E-state index contributed by atoms with van der Waals surface area (Å²) in [4.78, 5) is 44.2. The van der Waals surface area contributed by atoms with Gasteiger partial charge in [-0.25, -0.2) is 4.79 Å². The Morgan fingerprint density at radius 3 is 2.27 bits per heavy atom. The molecule has 26 heavy (non-hydrogen) atoms. The summed E-state index contributed by atoms with van der Waals surface area (Å²) in [7, 11) is 0. The van der Waals surface area contributed by atoms with Crippen molar-refractivity contribution >= 4 is 29.2 Å². The highest BCUT2D eigenvalue weighted by atomic mass is 16.6. The van der Waals surface area contributed by atoms with Crippen molar-refractivity contribution in [1.82, 2.24) is 0 Å². The van der Waals surface area contributed by atoms with Crippen LogP contribution < -0.4 is 15.8 Å². The first kappa shape index (κ1) is 18.4. The molecule has 10 heteroatoms. The second-order valence-electron chi connectivity index (χ2n) is 5.10. The summed E-state index contributed by atoms with van der Waals surface area (Å²) in [6.45, 7) is 1.33. The number of hydrogen-bond acceptors (Lipinski definition) is 6. The van der Waals surface area contributed by atoms with Crippen molar-refractivity contribution in [1.29, 1.82) is 0 Å². The van der Waals surface area contributed by atoms with E-state index in [4.69, 9.17) is 10.5 Å². The third-order valence-electron chi connectivity index (χ3n) is 3.18. The average Bonchev–Trinajstić information content (AvgIpc) is 2.55. The van der Waals surface area contributed by atoms with Gasteiger partial charge >= 0.3 is 5.97 Å². The number of benzene rings is 2. The quantitative estimate of drug-likeness (QED) is 0.525. The molecular weight excluding hydrogens is 346 g/mol. The van der Waals surface area contributed by atoms with Crippen LogP contribution in [-0.4, -0.2) is 27.8 Å². The summed E-state index contributed by atoms with van der Waals surface area (Å²) in [5, 5.41) is 22.9. The maximum absolute atomic E-state index is 11.5. The Bertz CT molecular complexity index is 907. The molecule has 2 aromatic carbocycles. The van der Waals surface area contributed by atoms with E-state index >= 15 is 0 Å². The Morgan fingerprint density at radius 2 is 1.81 bits per heavy atom. The minimum atomic E-state index is -1.53. The Balaban J connectivity index is 2.50. The summed E-state index contributed by atoms with van der Waals surface area (Å²) >= 11 is 0. The van der Waals surface area contributed by atoms with E-state index in [1.807, 2.05) is 0 Å². The van der Waals surface area contributed by atoms with Crippen LogP contribution in [0.3, 0.4) is 0 Å². The zero-order valence-corrected chi connectivity index (χ0v) is 13.4. The molecule has 0 radical (unpaired) electrons. The van der Waals surface area contributed by atoms with Gasteiger partial charge in [-0.05, 0) is 24.3 Å². The molecule has 0 bridgehead atoms. The predicted molar refractivity (Wildman–Crippen MR) is 89.4 cm³/mol. The van der Waals surface area contributed by atoms with E-state index in [0.29, 0.717) is 5.69 Å². The first-order valence-electron chi connectivity index (χ1n) is 7.10. The smallest absolute Gasteiger partial charge is 0.340 e. The molecule has 0 aromatic heterocycles. The molecule has 134 valence electrons. The normalized spacial score (nSPS) is 10.0. The molecule has 10 nitrogen and oxygen atoms in total. The number of aromatic carboxylic acids is 1. The highest BCUT2D eigenvalue weighted by Crippen LogP contribution is 2.33. The fourth-order valence-corrected chi connectivity index (χ4v) is 2.14. The minimum Gasteiger partial charge on any atom is -0.478 e. The lowest BCUT2D eigenvalue weighted by Gasteiger charge is -2.12. The largest absolute Gasteiger partial charge is 0.478 e. The van der Waals surface area contributed by atoms with Gasteiger partial charge < -0.3 is 20.9 Å². The molecule has 2 amide bonds. The summed E-state index contributed by atoms with van der Waals surface area (Å²) < 4.78 is 5.41. The third kappa shape index (κ3) is 4.12. The number of carboxylic acid groups (broad SMARTS) is 1. The zero-order valence-electron chi connectivity index (χ0n) is 13.4. The van der Waals surface area contributed by atoms with Crippen LogP contribution in [0.1, 0.15) is 27.6 Å². The van der Waals surface area contributed by atoms with Gasteiger partial charge in [0.2, 0.25) is 11.8 Å². The zero-order chi connectivity index (χ0) is 19.4. The maximum atomic E-state index is 11.5. The highest BCUT2D eigenvalue weighted by molar-refractivity contribution is 6.06. The second kappa shape index (κ2) is 7.30. The van der Waals surface area contributed by atoms with E-state index in [0.717, 1.165) is 12.1 Å². The van der Waals surface area contributed by atoms with Crippen LogP contribution in [0.4, 0.5) is 11.4 Å². The van der Waals surface area contributed by atoms with Gasteiger partial charge in [-0.1, -0.05) is 0 Å². The standard InChI is InChI=1S/C16H13N3O7/c1-8(20)18-9-2-4-11(5-3-9)26-13-7-10(19(24)25)6-12(15(17)21)14(13)16(22)23/h2-7H,1H3,(H2,17,21)(H,18,20)(H,22,23). The molecule has 2 aromatic rings. The summed E-state index contributed by atoms with van der Waals surface area (Å²) in [5.41, 5.74) is 3.92. The highest BCUT2D eigenvalue weighted by Gasteiger charge is 2.25. The average molecular weight is 359 g/mol. The molecule has 0 atom stereocenters. The Kier molecular flexibility index (Phi) is 5.16. The van der Waals surface area contributed by atoms with Crippen molar-refractivity contribution < 1.29 is 29.2 Å². The van der Waals surface area contributed by atoms with Gasteiger partial charge in [-0.15, -0.1) is 0 Å². The fourth-order valence-electron chi connectivity index (χ4n) is 2.14. The lowest BCUT2D eigenvalue weighted by molar-refractivity contribution is -0.384. The van der Waals surface area contributed by atoms with Crippen LogP contribution in [0, 0.1) is 10.1 Å². The Morgan fingerprint density at radius 1 is 1.19 bits per heavy atom. The van der Waals surface area contributed by atoms with Crippen molar-refractivity contribution in [3.63, 3.8) is 0 Å². The van der Waals surface area contributed by atoms with Gasteiger partial charge in [-0.2, -0.15) is 0 Å². The molecule has 0 spiro atoms. The number of carboxylic acids is 1. The van der Waals surface area contributed by atoms with Crippen molar-refractivity contribution in [3.8, 4) is 11.5 Å². The van der Waals surface area contributed by atoms with Gasteiger partial charge in [0.1, 0.15) is 17.1 Å². The molecule has 0 unspecified atom stereocenters. The van der Waals surface area contributed by atoms with Crippen LogP contribution in [0.15, 0.2) is 36.4 Å². The number of hydrogen-bond donors (Lipinski definition) is 3. The number of amides is 2. The van der Waals surface area contributed by atoms with Crippen molar-refractivity contribution in [3.05, 3.63) is 57.6 Å². The summed E-state index contributed by atoms with van der Waals surface area (Å²) in [5.74, 6) is -3.22. The number of primary amides is 1. The monoisotopic (exact) mass is 359 g/mol. The van der Waals surface area contributed by atoms with Crippen LogP contribution in [-0.2, 0) is 4.79 Å². The predicted octanol–water partition coefficient (Wildman–Crippen LogP) is 2.14. The van der Waals surface area contributed by atoms with E-state index in [9.17, 15) is 29.6 Å². The topological polar surface area (TPSA) is 162 Å². The van der Waals surface area contributed by atoms with Crippen molar-refractivity contribution in [2.45, 2.75) is 6.92 Å². The Hall–Kier alpha value is -3.95. The summed E-state index contributed by atoms with van der Waals surface area (Å²) in [6, 6.07) is 7.47. The van der Waals surface area contributed by atoms with E-state index in [-0.39, 0.29) is 11.7 Å². The third-order valence-corrected chi connectivity index (χ3v) is 3.18. The number of nitrogens with one attached hydrogen (secondary N) is 1. The van der Waals surface area contributed by atoms with Crippen molar-refractivity contribution in [2.75, 3.05) is 5.32 Å². The molecule has 4 N–H and O–H groups in total. The van der Waals surface area contributed by atoms with Crippen LogP contribution in [0.5, 0.6) is 11.5 Å². The van der Waals surface area contributed by atoms with Gasteiger partial charge in [0.25, 0.3) is 5.69 Å². The number of ether oxygens (including phenoxy) is 1. The summed E-state index contributed by atoms with van der Waals surface area (Å²) in [6.07, 6.45) is 0. The van der Waals surface area contributed by atoms with Crippen molar-refractivity contribution in [2.24, 2.45) is 5.73 Å². The number of nitro groups is 1. The van der Waals surface area contributed by atoms with Crippen LogP contribution in [0.2, 0.25) is 0 Å². The number of nitro benzene ring substituents is 1. The van der Waals surface area contributed by atoms with Crippen LogP contribution >= 0.6 is 0 Å². The molecular formula is C16H13N3O7. The SMILES string of the molecule is CC(=O)Nc1ccc(Oc2cc([N+](=O)[O-])cc(C(N)=O)c2C(=O)O)cc1.